The molecule has 1 aliphatic carbocycles. The molecule has 1 saturated carbocycles. The molecule has 24 heavy (non-hydrogen) atoms. The Morgan fingerprint density at radius 2 is 2.17 bits per heavy atom. The smallest absolute Gasteiger partial charge is 0.317 e. The number of urea groups is 1. The second-order valence-electron chi connectivity index (χ2n) is 6.20. The Labute approximate surface area is 143 Å². The van der Waals surface area contributed by atoms with Crippen molar-refractivity contribution in [3.05, 3.63) is 59.9 Å². The summed E-state index contributed by atoms with van der Waals surface area (Å²) in [5.41, 5.74) is 2.30. The number of rotatable bonds is 7. The highest BCUT2D eigenvalue weighted by molar-refractivity contribution is 5.75. The van der Waals surface area contributed by atoms with Gasteiger partial charge in [-0.25, -0.2) is 4.79 Å². The lowest BCUT2D eigenvalue weighted by Crippen LogP contribution is -2.42. The van der Waals surface area contributed by atoms with Crippen LogP contribution >= 0.6 is 0 Å². The molecule has 1 heterocycles. The lowest BCUT2D eigenvalue weighted by molar-refractivity contribution is 0.201. The van der Waals surface area contributed by atoms with Crippen LogP contribution in [0.5, 0.6) is 0 Å². The van der Waals surface area contributed by atoms with Crippen molar-refractivity contribution in [2.24, 2.45) is 7.05 Å². The number of carbonyl (C=O) groups is 1. The summed E-state index contributed by atoms with van der Waals surface area (Å²) in [7, 11) is 1.90. The minimum Gasteiger partial charge on any atom is -0.338 e. The van der Waals surface area contributed by atoms with Crippen LogP contribution in [-0.2, 0) is 13.5 Å². The van der Waals surface area contributed by atoms with E-state index in [1.54, 1.807) is 4.68 Å². The fourth-order valence-electron chi connectivity index (χ4n) is 2.67. The molecular weight excluding hydrogens is 300 g/mol. The van der Waals surface area contributed by atoms with Gasteiger partial charge in [-0.1, -0.05) is 42.5 Å². The van der Waals surface area contributed by atoms with E-state index in [4.69, 9.17) is 0 Å². The average molecular weight is 324 g/mol. The predicted octanol–water partition coefficient (Wildman–Crippen LogP) is 2.85. The summed E-state index contributed by atoms with van der Waals surface area (Å²) in [5, 5.41) is 7.17. The van der Waals surface area contributed by atoms with Crippen molar-refractivity contribution < 1.29 is 4.79 Å². The lowest BCUT2D eigenvalue weighted by Gasteiger charge is -2.21. The first-order chi connectivity index (χ1) is 11.7. The van der Waals surface area contributed by atoms with Gasteiger partial charge in [0.25, 0.3) is 0 Å². The number of amides is 2. The quantitative estimate of drug-likeness (QED) is 0.851. The molecule has 0 aliphatic heterocycles. The SMILES string of the molecule is Cn1cc(CCNC(=O)N(C/C=C/c2ccccc2)C2CC2)cn1. The summed E-state index contributed by atoms with van der Waals surface area (Å²) in [5.74, 6) is 0. The maximum atomic E-state index is 12.4. The van der Waals surface area contributed by atoms with Crippen LogP contribution in [0.4, 0.5) is 4.79 Å². The van der Waals surface area contributed by atoms with Crippen molar-refractivity contribution in [3.8, 4) is 0 Å². The van der Waals surface area contributed by atoms with Crippen molar-refractivity contribution >= 4 is 12.1 Å². The van der Waals surface area contributed by atoms with Crippen molar-refractivity contribution in [3.63, 3.8) is 0 Å². The van der Waals surface area contributed by atoms with Crippen LogP contribution in [0.3, 0.4) is 0 Å². The number of nitrogens with one attached hydrogen (secondary N) is 1. The van der Waals surface area contributed by atoms with Crippen LogP contribution in [-0.4, -0.2) is 39.8 Å². The minimum absolute atomic E-state index is 0.0269. The Balaban J connectivity index is 1.47. The summed E-state index contributed by atoms with van der Waals surface area (Å²) >= 11 is 0. The maximum absolute atomic E-state index is 12.4. The minimum atomic E-state index is 0.0269. The largest absolute Gasteiger partial charge is 0.338 e. The molecule has 0 atom stereocenters. The van der Waals surface area contributed by atoms with Crippen molar-refractivity contribution in [2.75, 3.05) is 13.1 Å². The third-order valence-electron chi connectivity index (χ3n) is 4.11. The highest BCUT2D eigenvalue weighted by atomic mass is 16.2. The van der Waals surface area contributed by atoms with E-state index in [0.29, 0.717) is 19.1 Å². The van der Waals surface area contributed by atoms with Gasteiger partial charge in [-0.2, -0.15) is 5.10 Å². The van der Waals surface area contributed by atoms with Gasteiger partial charge in [0, 0.05) is 32.4 Å². The molecule has 0 bridgehead atoms. The van der Waals surface area contributed by atoms with Crippen molar-refractivity contribution in [1.29, 1.82) is 0 Å². The summed E-state index contributed by atoms with van der Waals surface area (Å²) in [6.07, 6.45) is 11.0. The Morgan fingerprint density at radius 3 is 2.83 bits per heavy atom. The number of aromatic nitrogens is 2. The first-order valence-corrected chi connectivity index (χ1v) is 8.46. The molecule has 0 radical (unpaired) electrons. The third-order valence-corrected chi connectivity index (χ3v) is 4.11. The normalized spacial score (nSPS) is 14.0. The molecule has 3 rings (SSSR count). The molecule has 1 aliphatic rings. The molecule has 2 amide bonds. The van der Waals surface area contributed by atoms with Crippen LogP contribution in [0.2, 0.25) is 0 Å². The van der Waals surface area contributed by atoms with Crippen LogP contribution in [0.15, 0.2) is 48.8 Å². The third kappa shape index (κ3) is 4.72. The standard InChI is InChI=1S/C19H24N4O/c1-22-15-17(14-21-22)11-12-20-19(24)23(18-9-10-18)13-5-8-16-6-3-2-4-7-16/h2-8,14-15,18H,9-13H2,1H3,(H,20,24)/b8-5+. The molecule has 1 fully saturated rings. The second-order valence-corrected chi connectivity index (χ2v) is 6.20. The van der Waals surface area contributed by atoms with E-state index in [0.717, 1.165) is 30.4 Å². The molecule has 5 nitrogen and oxygen atoms in total. The molecular formula is C19H24N4O. The van der Waals surface area contributed by atoms with Gasteiger partial charge >= 0.3 is 6.03 Å². The molecule has 2 aromatic rings. The van der Waals surface area contributed by atoms with Crippen LogP contribution in [0, 0.1) is 0 Å². The second kappa shape index (κ2) is 7.81. The Hall–Kier alpha value is -2.56. The number of hydrogen-bond acceptors (Lipinski definition) is 2. The van der Waals surface area contributed by atoms with E-state index < -0.39 is 0 Å². The number of hydrogen-bond donors (Lipinski definition) is 1. The Morgan fingerprint density at radius 1 is 1.38 bits per heavy atom. The van der Waals surface area contributed by atoms with Gasteiger partial charge in [0.1, 0.15) is 0 Å². The summed E-state index contributed by atoms with van der Waals surface area (Å²) in [4.78, 5) is 14.4. The molecule has 1 aromatic heterocycles. The van der Waals surface area contributed by atoms with Crippen LogP contribution < -0.4 is 5.32 Å². The van der Waals surface area contributed by atoms with Gasteiger partial charge in [-0.15, -0.1) is 0 Å². The topological polar surface area (TPSA) is 50.2 Å². The fraction of sp³-hybridized carbons (Fsp3) is 0.368. The monoisotopic (exact) mass is 324 g/mol. The van der Waals surface area contributed by atoms with Crippen LogP contribution in [0.1, 0.15) is 24.0 Å². The zero-order valence-electron chi connectivity index (χ0n) is 14.1. The van der Waals surface area contributed by atoms with Crippen molar-refractivity contribution in [1.82, 2.24) is 20.0 Å². The van der Waals surface area contributed by atoms with E-state index in [1.807, 2.05) is 42.5 Å². The van der Waals surface area contributed by atoms with Gasteiger partial charge < -0.3 is 10.2 Å². The molecule has 1 N–H and O–H groups in total. The van der Waals surface area contributed by atoms with E-state index in [-0.39, 0.29) is 6.03 Å². The highest BCUT2D eigenvalue weighted by Gasteiger charge is 2.31. The van der Waals surface area contributed by atoms with E-state index in [9.17, 15) is 4.79 Å². The number of nitrogens with zero attached hydrogens (tertiary/aromatic N) is 3. The van der Waals surface area contributed by atoms with Gasteiger partial charge in [0.2, 0.25) is 0 Å². The number of carbonyl (C=O) groups excluding carboxylic acids is 1. The summed E-state index contributed by atoms with van der Waals surface area (Å²) < 4.78 is 1.78. The first-order valence-electron chi connectivity index (χ1n) is 8.46. The van der Waals surface area contributed by atoms with Gasteiger partial charge in [-0.05, 0) is 30.4 Å². The van der Waals surface area contributed by atoms with E-state index in [2.05, 4.69) is 34.7 Å². The summed E-state index contributed by atoms with van der Waals surface area (Å²) in [6, 6.07) is 10.6. The number of aryl methyl sites for hydroxylation is 1. The maximum Gasteiger partial charge on any atom is 0.317 e. The molecule has 1 aromatic carbocycles. The van der Waals surface area contributed by atoms with E-state index >= 15 is 0 Å². The molecule has 0 unspecified atom stereocenters. The molecule has 126 valence electrons. The lowest BCUT2D eigenvalue weighted by atomic mass is 10.2. The first kappa shape index (κ1) is 16.3. The Kier molecular flexibility index (Phi) is 5.31. The molecule has 0 spiro atoms. The van der Waals surface area contributed by atoms with Gasteiger partial charge in [0.05, 0.1) is 6.20 Å². The van der Waals surface area contributed by atoms with Crippen molar-refractivity contribution in [2.45, 2.75) is 25.3 Å². The zero-order valence-corrected chi connectivity index (χ0v) is 14.1. The van der Waals surface area contributed by atoms with Gasteiger partial charge in [-0.3, -0.25) is 4.68 Å². The average Bonchev–Trinajstić information content (AvgIpc) is 3.34. The molecule has 0 saturated heterocycles. The predicted molar refractivity (Wildman–Crippen MR) is 95.5 cm³/mol. The highest BCUT2D eigenvalue weighted by Crippen LogP contribution is 2.26. The fourth-order valence-corrected chi connectivity index (χ4v) is 2.67. The summed E-state index contributed by atoms with van der Waals surface area (Å²) in [6.45, 7) is 1.29. The Bertz CT molecular complexity index is 688. The van der Waals surface area contributed by atoms with E-state index in [1.165, 1.54) is 0 Å². The number of benzene rings is 1. The van der Waals surface area contributed by atoms with Crippen LogP contribution in [0.25, 0.3) is 6.08 Å². The van der Waals surface area contributed by atoms with Gasteiger partial charge in [0.15, 0.2) is 0 Å². The zero-order chi connectivity index (χ0) is 16.8. The molecule has 5 heteroatoms.